The smallest absolute Gasteiger partial charge is 0.334 e. The summed E-state index contributed by atoms with van der Waals surface area (Å²) in [4.78, 5) is 14.2. The average molecular weight is 289 g/mol. The molecule has 0 saturated heterocycles. The summed E-state index contributed by atoms with van der Waals surface area (Å²) in [5, 5.41) is 13.9. The molecule has 0 radical (unpaired) electrons. The molecule has 1 aromatic rings. The van der Waals surface area contributed by atoms with Crippen molar-refractivity contribution in [2.75, 3.05) is 17.6 Å². The van der Waals surface area contributed by atoms with E-state index in [0.717, 1.165) is 0 Å². The largest absolute Gasteiger partial charge is 0.393 e. The molecule has 8 heteroatoms. The van der Waals surface area contributed by atoms with Gasteiger partial charge < -0.3 is 15.8 Å². The fraction of sp³-hybridized carbons (Fsp3) is 0.545. The van der Waals surface area contributed by atoms with Gasteiger partial charge >= 0.3 is 5.69 Å². The van der Waals surface area contributed by atoms with Gasteiger partial charge in [-0.15, -0.1) is 0 Å². The summed E-state index contributed by atoms with van der Waals surface area (Å²) in [5.74, 6) is 0.0502. The number of nitrogens with zero attached hydrogens (tertiary/aromatic N) is 2. The maximum absolute atomic E-state index is 10.9. The quantitative estimate of drug-likeness (QED) is 0.473. The number of anilines is 2. The van der Waals surface area contributed by atoms with Crippen LogP contribution in [0.2, 0.25) is 5.15 Å². The highest BCUT2D eigenvalue weighted by atomic mass is 35.5. The van der Waals surface area contributed by atoms with Crippen LogP contribution in [0.4, 0.5) is 17.2 Å². The van der Waals surface area contributed by atoms with Gasteiger partial charge in [0.05, 0.1) is 17.1 Å². The van der Waals surface area contributed by atoms with Gasteiger partial charge in [0.25, 0.3) is 0 Å². The van der Waals surface area contributed by atoms with Crippen molar-refractivity contribution in [3.05, 3.63) is 21.3 Å². The van der Waals surface area contributed by atoms with E-state index in [2.05, 4.69) is 10.3 Å². The number of hydrogen-bond donors (Lipinski definition) is 2. The van der Waals surface area contributed by atoms with Crippen molar-refractivity contribution >= 4 is 28.8 Å². The molecule has 1 aromatic heterocycles. The standard InChI is InChI=1S/C11H17ClN4O3/c1-6(2)19-7(3)5-14-11-10(16(17)18)8(13)4-9(12)15-11/h4,6-7H,5H2,1-3H3,(H3,13,14,15). The third kappa shape index (κ3) is 4.53. The number of aromatic nitrogens is 1. The molecule has 106 valence electrons. The summed E-state index contributed by atoms with van der Waals surface area (Å²) in [7, 11) is 0. The molecule has 19 heavy (non-hydrogen) atoms. The summed E-state index contributed by atoms with van der Waals surface area (Å²) in [6.45, 7) is 6.04. The van der Waals surface area contributed by atoms with Gasteiger partial charge in [0.15, 0.2) is 0 Å². The molecule has 1 rings (SSSR count). The van der Waals surface area contributed by atoms with Crippen LogP contribution in [0.25, 0.3) is 0 Å². The van der Waals surface area contributed by atoms with E-state index in [1.165, 1.54) is 6.07 Å². The Kier molecular flexibility index (Phi) is 5.31. The minimum Gasteiger partial charge on any atom is -0.393 e. The van der Waals surface area contributed by atoms with Gasteiger partial charge in [-0.05, 0) is 20.8 Å². The van der Waals surface area contributed by atoms with Crippen LogP contribution >= 0.6 is 11.6 Å². The molecule has 0 saturated carbocycles. The zero-order valence-electron chi connectivity index (χ0n) is 11.0. The predicted molar refractivity (Wildman–Crippen MR) is 74.5 cm³/mol. The molecule has 0 aliphatic rings. The van der Waals surface area contributed by atoms with Crippen LogP contribution in [-0.2, 0) is 4.74 Å². The summed E-state index contributed by atoms with van der Waals surface area (Å²) < 4.78 is 5.51. The first-order valence-corrected chi connectivity index (χ1v) is 6.18. The van der Waals surface area contributed by atoms with Crippen molar-refractivity contribution < 1.29 is 9.66 Å². The number of nitrogen functional groups attached to an aromatic ring is 1. The van der Waals surface area contributed by atoms with Crippen molar-refractivity contribution in [3.8, 4) is 0 Å². The molecule has 0 aromatic carbocycles. The van der Waals surface area contributed by atoms with E-state index < -0.39 is 4.92 Å². The van der Waals surface area contributed by atoms with Gasteiger partial charge in [0.2, 0.25) is 5.82 Å². The molecule has 0 bridgehead atoms. The molecule has 0 aliphatic heterocycles. The van der Waals surface area contributed by atoms with Crippen molar-refractivity contribution in [1.29, 1.82) is 0 Å². The van der Waals surface area contributed by atoms with E-state index >= 15 is 0 Å². The number of rotatable bonds is 6. The first kappa shape index (κ1) is 15.5. The number of halogens is 1. The Balaban J connectivity index is 2.85. The lowest BCUT2D eigenvalue weighted by atomic mass is 10.3. The molecule has 1 heterocycles. The van der Waals surface area contributed by atoms with E-state index in [4.69, 9.17) is 22.1 Å². The molecule has 0 amide bonds. The third-order valence-corrected chi connectivity index (χ3v) is 2.43. The first-order chi connectivity index (χ1) is 8.81. The van der Waals surface area contributed by atoms with Crippen molar-refractivity contribution in [3.63, 3.8) is 0 Å². The highest BCUT2D eigenvalue weighted by Gasteiger charge is 2.21. The average Bonchev–Trinajstić information content (AvgIpc) is 2.23. The Labute approximate surface area is 116 Å². The normalized spacial score (nSPS) is 12.5. The first-order valence-electron chi connectivity index (χ1n) is 5.81. The third-order valence-electron chi connectivity index (χ3n) is 2.23. The van der Waals surface area contributed by atoms with Crippen molar-refractivity contribution in [2.24, 2.45) is 0 Å². The zero-order chi connectivity index (χ0) is 14.6. The Hall–Kier alpha value is -1.60. The van der Waals surface area contributed by atoms with Crippen LogP contribution in [0.5, 0.6) is 0 Å². The number of ether oxygens (including phenoxy) is 1. The molecule has 0 aliphatic carbocycles. The lowest BCUT2D eigenvalue weighted by molar-refractivity contribution is -0.383. The minimum absolute atomic E-state index is 0.0232. The van der Waals surface area contributed by atoms with Gasteiger partial charge in [-0.25, -0.2) is 4.98 Å². The van der Waals surface area contributed by atoms with Gasteiger partial charge in [0, 0.05) is 12.6 Å². The molecule has 0 spiro atoms. The predicted octanol–water partition coefficient (Wildman–Crippen LogP) is 2.45. The maximum atomic E-state index is 10.9. The molecule has 0 fully saturated rings. The van der Waals surface area contributed by atoms with Crippen LogP contribution in [-0.4, -0.2) is 28.7 Å². The summed E-state index contributed by atoms with van der Waals surface area (Å²) in [6.07, 6.45) is -0.0502. The van der Waals surface area contributed by atoms with Crippen molar-refractivity contribution in [1.82, 2.24) is 4.98 Å². The lowest BCUT2D eigenvalue weighted by Gasteiger charge is -2.17. The van der Waals surface area contributed by atoms with E-state index in [1.54, 1.807) is 0 Å². The number of hydrogen-bond acceptors (Lipinski definition) is 6. The zero-order valence-corrected chi connectivity index (χ0v) is 11.8. The van der Waals surface area contributed by atoms with E-state index in [9.17, 15) is 10.1 Å². The van der Waals surface area contributed by atoms with E-state index in [-0.39, 0.29) is 34.6 Å². The Morgan fingerprint density at radius 3 is 2.74 bits per heavy atom. The SMILES string of the molecule is CC(C)OC(C)CNc1nc(Cl)cc(N)c1[N+](=O)[O-]. The fourth-order valence-corrected chi connectivity index (χ4v) is 1.80. The molecule has 3 N–H and O–H groups in total. The Morgan fingerprint density at radius 2 is 2.21 bits per heavy atom. The topological polar surface area (TPSA) is 103 Å². The van der Waals surface area contributed by atoms with Crippen LogP contribution in [0.15, 0.2) is 6.07 Å². The number of pyridine rings is 1. The van der Waals surface area contributed by atoms with Crippen LogP contribution in [0.1, 0.15) is 20.8 Å². The van der Waals surface area contributed by atoms with Gasteiger partial charge in [0.1, 0.15) is 10.8 Å². The molecular weight excluding hydrogens is 272 g/mol. The number of nitro groups is 1. The fourth-order valence-electron chi connectivity index (χ4n) is 1.59. The van der Waals surface area contributed by atoms with Crippen LogP contribution in [0.3, 0.4) is 0 Å². The molecule has 7 nitrogen and oxygen atoms in total. The van der Waals surface area contributed by atoms with Gasteiger partial charge in [-0.2, -0.15) is 0 Å². The second-order valence-electron chi connectivity index (χ2n) is 4.36. The molecule has 1 unspecified atom stereocenters. The Morgan fingerprint density at radius 1 is 1.58 bits per heavy atom. The second-order valence-corrected chi connectivity index (χ2v) is 4.75. The van der Waals surface area contributed by atoms with Gasteiger partial charge in [-0.3, -0.25) is 10.1 Å². The second kappa shape index (κ2) is 6.53. The van der Waals surface area contributed by atoms with Gasteiger partial charge in [-0.1, -0.05) is 11.6 Å². The molecular formula is C11H17ClN4O3. The molecule has 1 atom stereocenters. The van der Waals surface area contributed by atoms with Crippen LogP contribution in [0, 0.1) is 10.1 Å². The monoisotopic (exact) mass is 288 g/mol. The summed E-state index contributed by atoms with van der Waals surface area (Å²) in [5.41, 5.74) is 5.27. The van der Waals surface area contributed by atoms with E-state index in [1.807, 2.05) is 20.8 Å². The van der Waals surface area contributed by atoms with E-state index in [0.29, 0.717) is 6.54 Å². The lowest BCUT2D eigenvalue weighted by Crippen LogP contribution is -2.24. The summed E-state index contributed by atoms with van der Waals surface area (Å²) >= 11 is 5.74. The maximum Gasteiger partial charge on any atom is 0.334 e. The summed E-state index contributed by atoms with van der Waals surface area (Å²) in [6, 6.07) is 1.25. The minimum atomic E-state index is -0.588. The van der Waals surface area contributed by atoms with Crippen molar-refractivity contribution in [2.45, 2.75) is 33.0 Å². The van der Waals surface area contributed by atoms with Crippen LogP contribution < -0.4 is 11.1 Å². The number of nitrogens with one attached hydrogen (secondary N) is 1. The Bertz CT molecular complexity index is 467. The highest BCUT2D eigenvalue weighted by molar-refractivity contribution is 6.30. The number of nitrogens with two attached hydrogens (primary N) is 1. The highest BCUT2D eigenvalue weighted by Crippen LogP contribution is 2.31.